The molecule has 0 aliphatic heterocycles. The van der Waals surface area contributed by atoms with Gasteiger partial charge < -0.3 is 15.0 Å². The van der Waals surface area contributed by atoms with E-state index in [4.69, 9.17) is 4.74 Å². The molecule has 0 saturated carbocycles. The standard InChI is InChI=1S/C36H40BrN3O5S/c1-26-17-19-32(20-18-26)46(43,44)40(30-15-10-14-29(37)23-30)25-34(41)39(24-28-13-9-16-31(21-28)45-5)33(35(42)38-36(2,3)4)22-27-11-7-6-8-12-27/h6-21,23,33H,22,24-25H2,1-5H3,(H,38,42)/t33-/m1/s1. The number of ether oxygens (including phenoxy) is 1. The third kappa shape index (κ3) is 9.20. The zero-order valence-corrected chi connectivity index (χ0v) is 29.1. The molecular formula is C36H40BrN3O5S. The lowest BCUT2D eigenvalue weighted by Crippen LogP contribution is -2.56. The highest BCUT2D eigenvalue weighted by molar-refractivity contribution is 9.10. The first-order chi connectivity index (χ1) is 21.8. The zero-order valence-electron chi connectivity index (χ0n) is 26.7. The normalized spacial score (nSPS) is 12.2. The van der Waals surface area contributed by atoms with E-state index in [0.29, 0.717) is 15.9 Å². The maximum Gasteiger partial charge on any atom is 0.264 e. The summed E-state index contributed by atoms with van der Waals surface area (Å²) >= 11 is 3.44. The van der Waals surface area contributed by atoms with Crippen LogP contribution in [0.25, 0.3) is 0 Å². The van der Waals surface area contributed by atoms with Crippen molar-refractivity contribution >= 4 is 43.5 Å². The minimum Gasteiger partial charge on any atom is -0.497 e. The molecule has 0 unspecified atom stereocenters. The number of carbonyl (C=O) groups excluding carboxylic acids is 2. The highest BCUT2D eigenvalue weighted by Gasteiger charge is 2.35. The van der Waals surface area contributed by atoms with Crippen molar-refractivity contribution in [3.63, 3.8) is 0 Å². The van der Waals surface area contributed by atoms with E-state index in [1.54, 1.807) is 55.6 Å². The van der Waals surface area contributed by atoms with E-state index in [0.717, 1.165) is 21.0 Å². The largest absolute Gasteiger partial charge is 0.497 e. The van der Waals surface area contributed by atoms with Gasteiger partial charge in [-0.1, -0.05) is 82.2 Å². The number of halogens is 1. The Morgan fingerprint density at radius 3 is 2.15 bits per heavy atom. The minimum absolute atomic E-state index is 0.0437. The van der Waals surface area contributed by atoms with Crippen LogP contribution in [0.5, 0.6) is 5.75 Å². The molecule has 8 nitrogen and oxygen atoms in total. The van der Waals surface area contributed by atoms with Gasteiger partial charge >= 0.3 is 0 Å². The molecule has 0 saturated heterocycles. The van der Waals surface area contributed by atoms with Gasteiger partial charge in [0.1, 0.15) is 18.3 Å². The Morgan fingerprint density at radius 2 is 1.52 bits per heavy atom. The summed E-state index contributed by atoms with van der Waals surface area (Å²) in [5.41, 5.74) is 2.22. The average Bonchev–Trinajstić information content (AvgIpc) is 3.01. The van der Waals surface area contributed by atoms with Crippen molar-refractivity contribution in [2.75, 3.05) is 18.0 Å². The highest BCUT2D eigenvalue weighted by atomic mass is 79.9. The molecule has 4 aromatic carbocycles. The Morgan fingerprint density at radius 1 is 0.870 bits per heavy atom. The van der Waals surface area contributed by atoms with Crippen LogP contribution in [0, 0.1) is 6.92 Å². The van der Waals surface area contributed by atoms with Gasteiger partial charge in [0.05, 0.1) is 17.7 Å². The van der Waals surface area contributed by atoms with Crippen LogP contribution in [0.4, 0.5) is 5.69 Å². The molecule has 1 atom stereocenters. The van der Waals surface area contributed by atoms with Crippen molar-refractivity contribution < 1.29 is 22.7 Å². The number of nitrogens with zero attached hydrogens (tertiary/aromatic N) is 2. The number of anilines is 1. The van der Waals surface area contributed by atoms with Crippen LogP contribution >= 0.6 is 15.9 Å². The van der Waals surface area contributed by atoms with Crippen molar-refractivity contribution in [3.8, 4) is 5.75 Å². The van der Waals surface area contributed by atoms with Gasteiger partial charge in [0, 0.05) is 23.0 Å². The lowest BCUT2D eigenvalue weighted by molar-refractivity contribution is -0.140. The van der Waals surface area contributed by atoms with Crippen molar-refractivity contribution in [2.45, 2.75) is 57.1 Å². The fraction of sp³-hybridized carbons (Fsp3) is 0.278. The van der Waals surface area contributed by atoms with Crippen molar-refractivity contribution in [1.29, 1.82) is 0 Å². The summed E-state index contributed by atoms with van der Waals surface area (Å²) in [4.78, 5) is 30.1. The Bertz CT molecular complexity index is 1760. The lowest BCUT2D eigenvalue weighted by atomic mass is 10.0. The molecule has 0 radical (unpaired) electrons. The second-order valence-corrected chi connectivity index (χ2v) is 14.9. The number of amides is 2. The van der Waals surface area contributed by atoms with Crippen LogP contribution in [-0.2, 0) is 32.6 Å². The summed E-state index contributed by atoms with van der Waals surface area (Å²) in [6.07, 6.45) is 0.222. The van der Waals surface area contributed by atoms with Crippen molar-refractivity contribution in [1.82, 2.24) is 10.2 Å². The van der Waals surface area contributed by atoms with E-state index in [2.05, 4.69) is 21.2 Å². The predicted molar refractivity (Wildman–Crippen MR) is 185 cm³/mol. The number of aryl methyl sites for hydroxylation is 1. The summed E-state index contributed by atoms with van der Waals surface area (Å²) in [6, 6.07) is 29.1. The van der Waals surface area contributed by atoms with Crippen molar-refractivity contribution in [2.24, 2.45) is 0 Å². The third-order valence-electron chi connectivity index (χ3n) is 7.24. The lowest BCUT2D eigenvalue weighted by Gasteiger charge is -2.35. The van der Waals surface area contributed by atoms with Gasteiger partial charge in [-0.2, -0.15) is 0 Å². The molecule has 46 heavy (non-hydrogen) atoms. The van der Waals surface area contributed by atoms with Crippen LogP contribution in [0.15, 0.2) is 112 Å². The van der Waals surface area contributed by atoms with E-state index in [-0.39, 0.29) is 23.8 Å². The average molecular weight is 707 g/mol. The summed E-state index contributed by atoms with van der Waals surface area (Å²) in [5.74, 6) is -0.284. The van der Waals surface area contributed by atoms with E-state index in [1.807, 2.05) is 70.2 Å². The molecule has 0 fully saturated rings. The van der Waals surface area contributed by atoms with E-state index in [9.17, 15) is 18.0 Å². The van der Waals surface area contributed by atoms with Gasteiger partial charge in [0.25, 0.3) is 10.0 Å². The van der Waals surface area contributed by atoms with E-state index >= 15 is 0 Å². The molecule has 0 aliphatic carbocycles. The van der Waals surface area contributed by atoms with Gasteiger partial charge in [-0.25, -0.2) is 8.42 Å². The van der Waals surface area contributed by atoms with Crippen molar-refractivity contribution in [3.05, 3.63) is 124 Å². The zero-order chi connectivity index (χ0) is 33.5. The van der Waals surface area contributed by atoms with Gasteiger partial charge in [-0.15, -0.1) is 0 Å². The molecule has 0 bridgehead atoms. The first-order valence-corrected chi connectivity index (χ1v) is 17.1. The van der Waals surface area contributed by atoms with Crippen LogP contribution in [0.2, 0.25) is 0 Å². The van der Waals surface area contributed by atoms with Gasteiger partial charge in [0.15, 0.2) is 0 Å². The fourth-order valence-corrected chi connectivity index (χ4v) is 6.76. The number of hydrogen-bond donors (Lipinski definition) is 1. The Balaban J connectivity index is 1.83. The second-order valence-electron chi connectivity index (χ2n) is 12.1. The number of nitrogens with one attached hydrogen (secondary N) is 1. The second kappa shape index (κ2) is 15.0. The fourth-order valence-electron chi connectivity index (χ4n) is 4.97. The Kier molecular flexibility index (Phi) is 11.3. The smallest absolute Gasteiger partial charge is 0.264 e. The SMILES string of the molecule is COc1cccc(CN(C(=O)CN(c2cccc(Br)c2)S(=O)(=O)c2ccc(C)cc2)[C@H](Cc2ccccc2)C(=O)NC(C)(C)C)c1. The molecule has 4 rings (SSSR count). The highest BCUT2D eigenvalue weighted by Crippen LogP contribution is 2.28. The number of sulfonamides is 1. The van der Waals surface area contributed by atoms with Crippen LogP contribution in [-0.4, -0.2) is 50.4 Å². The number of carbonyl (C=O) groups is 2. The maximum atomic E-state index is 14.6. The molecule has 10 heteroatoms. The number of methoxy groups -OCH3 is 1. The molecule has 4 aromatic rings. The molecule has 0 heterocycles. The first-order valence-electron chi connectivity index (χ1n) is 14.9. The van der Waals surface area contributed by atoms with Crippen LogP contribution in [0.3, 0.4) is 0 Å². The van der Waals surface area contributed by atoms with E-state index in [1.165, 1.54) is 17.0 Å². The molecule has 1 N–H and O–H groups in total. The minimum atomic E-state index is -4.19. The molecule has 2 amide bonds. The molecule has 0 aliphatic rings. The predicted octanol–water partition coefficient (Wildman–Crippen LogP) is 6.52. The first kappa shape index (κ1) is 34.7. The molecular weight excluding hydrogens is 666 g/mol. The maximum absolute atomic E-state index is 14.6. The molecule has 0 aromatic heterocycles. The topological polar surface area (TPSA) is 96.0 Å². The quantitative estimate of drug-likeness (QED) is 0.181. The van der Waals surface area contributed by atoms with E-state index < -0.39 is 34.1 Å². The Hall–Kier alpha value is -4.15. The number of hydrogen-bond acceptors (Lipinski definition) is 5. The third-order valence-corrected chi connectivity index (χ3v) is 9.52. The van der Waals surface area contributed by atoms with Gasteiger partial charge in [0.2, 0.25) is 11.8 Å². The summed E-state index contributed by atoms with van der Waals surface area (Å²) in [5, 5.41) is 3.04. The Labute approximate surface area is 280 Å². The van der Waals surface area contributed by atoms with Crippen LogP contribution < -0.4 is 14.4 Å². The summed E-state index contributed by atoms with van der Waals surface area (Å²) in [6.45, 7) is 7.01. The number of benzene rings is 4. The van der Waals surface area contributed by atoms with Crippen LogP contribution in [0.1, 0.15) is 37.5 Å². The summed E-state index contributed by atoms with van der Waals surface area (Å²) < 4.78 is 35.5. The monoisotopic (exact) mass is 705 g/mol. The molecule has 0 spiro atoms. The van der Waals surface area contributed by atoms with Gasteiger partial charge in [-0.05, 0) is 81.3 Å². The van der Waals surface area contributed by atoms with Gasteiger partial charge in [-0.3, -0.25) is 13.9 Å². The number of rotatable bonds is 12. The molecule has 242 valence electrons. The summed E-state index contributed by atoms with van der Waals surface area (Å²) in [7, 11) is -2.63.